The van der Waals surface area contributed by atoms with Crippen LogP contribution in [0.1, 0.15) is 12.8 Å². The Morgan fingerprint density at radius 1 is 1.23 bits per heavy atom. The summed E-state index contributed by atoms with van der Waals surface area (Å²) in [5, 5.41) is 0. The normalized spacial score (nSPS) is 25.8. The molecule has 3 nitrogen and oxygen atoms in total. The lowest BCUT2D eigenvalue weighted by molar-refractivity contribution is -0.126. The van der Waals surface area contributed by atoms with Crippen molar-refractivity contribution in [2.24, 2.45) is 5.41 Å². The number of hydrogen-bond acceptors (Lipinski definition) is 3. The molecule has 0 atom stereocenters. The number of carbonyl (C=O) groups is 1. The highest BCUT2D eigenvalue weighted by molar-refractivity contribution is 7.91. The molecule has 6 heteroatoms. The molecule has 1 saturated heterocycles. The van der Waals surface area contributed by atoms with E-state index in [-0.39, 0.29) is 30.6 Å². The first kappa shape index (κ1) is 10.6. The fourth-order valence-electron chi connectivity index (χ4n) is 1.31. The van der Waals surface area contributed by atoms with E-state index >= 15 is 0 Å². The first-order valence-electron chi connectivity index (χ1n) is 3.87. The van der Waals surface area contributed by atoms with E-state index in [0.717, 1.165) is 0 Å². The van der Waals surface area contributed by atoms with Crippen molar-refractivity contribution in [2.45, 2.75) is 19.3 Å². The van der Waals surface area contributed by atoms with Gasteiger partial charge in [0.2, 0.25) is 0 Å². The lowest BCUT2D eigenvalue weighted by atomic mass is 9.84. The molecule has 0 aromatic rings. The number of halogens is 2. The van der Waals surface area contributed by atoms with Crippen LogP contribution in [-0.4, -0.2) is 32.6 Å². The third kappa shape index (κ3) is 2.04. The molecule has 1 rings (SSSR count). The van der Waals surface area contributed by atoms with Gasteiger partial charge in [0, 0.05) is 0 Å². The third-order valence-electron chi connectivity index (χ3n) is 2.43. The number of rotatable bonds is 2. The number of aldehydes is 1. The Balaban J connectivity index is 2.80. The molecule has 76 valence electrons. The lowest BCUT2D eigenvalue weighted by Crippen LogP contribution is -2.40. The Morgan fingerprint density at radius 3 is 2.00 bits per heavy atom. The van der Waals surface area contributed by atoms with Crippen molar-refractivity contribution in [3.05, 3.63) is 0 Å². The first-order valence-corrected chi connectivity index (χ1v) is 5.69. The molecule has 1 fully saturated rings. The summed E-state index contributed by atoms with van der Waals surface area (Å²) >= 11 is 0. The van der Waals surface area contributed by atoms with E-state index in [2.05, 4.69) is 0 Å². The van der Waals surface area contributed by atoms with Crippen molar-refractivity contribution in [3.63, 3.8) is 0 Å². The van der Waals surface area contributed by atoms with Crippen molar-refractivity contribution in [1.82, 2.24) is 0 Å². The lowest BCUT2D eigenvalue weighted by Gasteiger charge is -2.30. The maximum atomic E-state index is 12.4. The summed E-state index contributed by atoms with van der Waals surface area (Å²) < 4.78 is 46.6. The summed E-state index contributed by atoms with van der Waals surface area (Å²) in [4.78, 5) is 10.5. The monoisotopic (exact) mass is 212 g/mol. The van der Waals surface area contributed by atoms with Crippen LogP contribution in [-0.2, 0) is 14.6 Å². The van der Waals surface area contributed by atoms with Crippen LogP contribution in [0.3, 0.4) is 0 Å². The molecular formula is C7H10F2O3S. The molecule has 1 aliphatic heterocycles. The zero-order valence-corrected chi connectivity index (χ0v) is 7.69. The minimum atomic E-state index is -3.19. The van der Waals surface area contributed by atoms with Crippen LogP contribution in [0.25, 0.3) is 0 Å². The van der Waals surface area contributed by atoms with Gasteiger partial charge in [-0.2, -0.15) is 0 Å². The van der Waals surface area contributed by atoms with Crippen molar-refractivity contribution < 1.29 is 22.0 Å². The first-order chi connectivity index (χ1) is 5.92. The van der Waals surface area contributed by atoms with E-state index in [1.165, 1.54) is 0 Å². The van der Waals surface area contributed by atoms with Gasteiger partial charge < -0.3 is 4.79 Å². The maximum absolute atomic E-state index is 12.4. The maximum Gasteiger partial charge on any atom is 0.250 e. The third-order valence-corrected chi connectivity index (χ3v) is 4.08. The number of alkyl halides is 2. The highest BCUT2D eigenvalue weighted by Gasteiger charge is 2.44. The smallest absolute Gasteiger partial charge is 0.250 e. The predicted octanol–water partition coefficient (Wildman–Crippen LogP) is 0.645. The Hall–Kier alpha value is -0.520. The van der Waals surface area contributed by atoms with E-state index < -0.39 is 21.7 Å². The molecule has 0 spiro atoms. The van der Waals surface area contributed by atoms with E-state index in [1.807, 2.05) is 0 Å². The standard InChI is InChI=1S/C7H10F2O3S/c8-6(9)7(5-10)1-3-13(11,12)4-2-7/h5-6H,1-4H2. The molecule has 13 heavy (non-hydrogen) atoms. The largest absolute Gasteiger partial charge is 0.303 e. The highest BCUT2D eigenvalue weighted by atomic mass is 32.2. The summed E-state index contributed by atoms with van der Waals surface area (Å²) in [6, 6.07) is 0. The molecule has 0 amide bonds. The molecule has 0 aliphatic carbocycles. The molecule has 0 aromatic carbocycles. The molecule has 0 bridgehead atoms. The molecule has 1 heterocycles. The van der Waals surface area contributed by atoms with Gasteiger partial charge in [0.25, 0.3) is 6.43 Å². The molecule has 0 N–H and O–H groups in total. The average molecular weight is 212 g/mol. The van der Waals surface area contributed by atoms with E-state index in [0.29, 0.717) is 0 Å². The predicted molar refractivity (Wildman–Crippen MR) is 42.4 cm³/mol. The minimum Gasteiger partial charge on any atom is -0.303 e. The summed E-state index contributed by atoms with van der Waals surface area (Å²) in [7, 11) is -3.19. The fourth-order valence-corrected chi connectivity index (χ4v) is 2.89. The van der Waals surface area contributed by atoms with Gasteiger partial charge in [0.05, 0.1) is 16.9 Å². The van der Waals surface area contributed by atoms with E-state index in [4.69, 9.17) is 0 Å². The Labute approximate surface area is 75.0 Å². The minimum absolute atomic E-state index is 0.201. The second-order valence-corrected chi connectivity index (χ2v) is 5.61. The Morgan fingerprint density at radius 2 is 1.69 bits per heavy atom. The number of hydrogen-bond donors (Lipinski definition) is 0. The zero-order valence-electron chi connectivity index (χ0n) is 6.87. The fraction of sp³-hybridized carbons (Fsp3) is 0.857. The molecular weight excluding hydrogens is 202 g/mol. The summed E-state index contributed by atoms with van der Waals surface area (Å²) in [5.41, 5.74) is -1.72. The van der Waals surface area contributed by atoms with Crippen LogP contribution < -0.4 is 0 Å². The Bertz CT molecular complexity index is 283. The topological polar surface area (TPSA) is 51.2 Å². The van der Waals surface area contributed by atoms with Crippen LogP contribution >= 0.6 is 0 Å². The van der Waals surface area contributed by atoms with E-state index in [9.17, 15) is 22.0 Å². The Kier molecular flexibility index (Phi) is 2.70. The molecule has 0 aromatic heterocycles. The summed E-state index contributed by atoms with van der Waals surface area (Å²) in [5.74, 6) is -0.619. The van der Waals surface area contributed by atoms with Crippen molar-refractivity contribution in [3.8, 4) is 0 Å². The number of carbonyl (C=O) groups excluding carboxylic acids is 1. The van der Waals surface area contributed by atoms with Crippen molar-refractivity contribution in [1.29, 1.82) is 0 Å². The van der Waals surface area contributed by atoms with E-state index in [1.54, 1.807) is 0 Å². The van der Waals surface area contributed by atoms with Crippen LogP contribution in [0.5, 0.6) is 0 Å². The van der Waals surface area contributed by atoms with Crippen LogP contribution in [0.15, 0.2) is 0 Å². The van der Waals surface area contributed by atoms with Gasteiger partial charge in [-0.25, -0.2) is 17.2 Å². The van der Waals surface area contributed by atoms with Gasteiger partial charge in [-0.05, 0) is 12.8 Å². The summed E-state index contributed by atoms with van der Waals surface area (Å²) in [6.07, 6.45) is -3.07. The van der Waals surface area contributed by atoms with Gasteiger partial charge in [0.1, 0.15) is 16.1 Å². The highest BCUT2D eigenvalue weighted by Crippen LogP contribution is 2.36. The molecule has 0 unspecified atom stereocenters. The van der Waals surface area contributed by atoms with Gasteiger partial charge in [-0.1, -0.05) is 0 Å². The SMILES string of the molecule is O=CC1(C(F)F)CCS(=O)(=O)CC1. The van der Waals surface area contributed by atoms with Gasteiger partial charge in [-0.15, -0.1) is 0 Å². The van der Waals surface area contributed by atoms with Crippen LogP contribution in [0.2, 0.25) is 0 Å². The second kappa shape index (κ2) is 3.32. The van der Waals surface area contributed by atoms with Crippen molar-refractivity contribution in [2.75, 3.05) is 11.5 Å². The molecule has 1 aliphatic rings. The van der Waals surface area contributed by atoms with Gasteiger partial charge in [-0.3, -0.25) is 0 Å². The quantitative estimate of drug-likeness (QED) is 0.631. The van der Waals surface area contributed by atoms with Gasteiger partial charge >= 0.3 is 0 Å². The van der Waals surface area contributed by atoms with Gasteiger partial charge in [0.15, 0.2) is 0 Å². The van der Waals surface area contributed by atoms with Crippen LogP contribution in [0.4, 0.5) is 8.78 Å². The molecule has 0 radical (unpaired) electrons. The summed E-state index contributed by atoms with van der Waals surface area (Å²) in [6.45, 7) is 0. The second-order valence-electron chi connectivity index (χ2n) is 3.30. The van der Waals surface area contributed by atoms with Crippen molar-refractivity contribution >= 4 is 16.1 Å². The molecule has 0 saturated carbocycles. The van der Waals surface area contributed by atoms with Crippen LogP contribution in [0, 0.1) is 5.41 Å². The average Bonchev–Trinajstić information content (AvgIpc) is 2.05. The zero-order chi connectivity index (χ0) is 10.1. The number of sulfone groups is 1.